The van der Waals surface area contributed by atoms with E-state index in [2.05, 4.69) is 10.6 Å². The standard InChI is InChI=1S/C15H12F3N3O4/c1-25-13-8-9(21(23)24)6-7-12(13)20-14(22)19-11-5-3-2-4-10(11)15(16,17)18/h2-8H,1H3,(H2,19,20,22). The van der Waals surface area contributed by atoms with Crippen molar-refractivity contribution < 1.29 is 27.6 Å². The molecular formula is C15H12F3N3O4. The van der Waals surface area contributed by atoms with Crippen molar-refractivity contribution in [2.45, 2.75) is 6.18 Å². The Kier molecular flexibility index (Phi) is 5.11. The second-order valence-corrected chi connectivity index (χ2v) is 4.76. The number of nitro groups is 1. The van der Waals surface area contributed by atoms with E-state index in [1.165, 1.54) is 25.3 Å². The number of nitrogens with one attached hydrogen (secondary N) is 2. The molecule has 0 aliphatic heterocycles. The molecule has 10 heteroatoms. The highest BCUT2D eigenvalue weighted by Crippen LogP contribution is 2.35. The van der Waals surface area contributed by atoms with Crippen molar-refractivity contribution in [1.82, 2.24) is 0 Å². The molecule has 132 valence electrons. The third-order valence-corrected chi connectivity index (χ3v) is 3.12. The quantitative estimate of drug-likeness (QED) is 0.633. The van der Waals surface area contributed by atoms with Gasteiger partial charge in [0.25, 0.3) is 5.69 Å². The van der Waals surface area contributed by atoms with Gasteiger partial charge in [0.05, 0.1) is 35.0 Å². The third-order valence-electron chi connectivity index (χ3n) is 3.12. The fraction of sp³-hybridized carbons (Fsp3) is 0.133. The summed E-state index contributed by atoms with van der Waals surface area (Å²) in [5.74, 6) is -0.00606. The molecule has 0 saturated heterocycles. The lowest BCUT2D eigenvalue weighted by atomic mass is 10.1. The number of nitro benzene ring substituents is 1. The first kappa shape index (κ1) is 18.0. The molecule has 0 aliphatic carbocycles. The fourth-order valence-electron chi connectivity index (χ4n) is 2.01. The van der Waals surface area contributed by atoms with E-state index in [9.17, 15) is 28.1 Å². The monoisotopic (exact) mass is 355 g/mol. The Morgan fingerprint density at radius 1 is 1.12 bits per heavy atom. The minimum Gasteiger partial charge on any atom is -0.494 e. The van der Waals surface area contributed by atoms with Gasteiger partial charge in [0.1, 0.15) is 5.75 Å². The van der Waals surface area contributed by atoms with Crippen LogP contribution in [0.2, 0.25) is 0 Å². The third kappa shape index (κ3) is 4.37. The highest BCUT2D eigenvalue weighted by Gasteiger charge is 2.33. The van der Waals surface area contributed by atoms with E-state index in [0.29, 0.717) is 0 Å². The number of benzene rings is 2. The Bertz CT molecular complexity index is 809. The molecule has 0 radical (unpaired) electrons. The number of non-ortho nitro benzene ring substituents is 1. The number of alkyl halides is 3. The van der Waals surface area contributed by atoms with Gasteiger partial charge in [0.15, 0.2) is 0 Å². The largest absolute Gasteiger partial charge is 0.494 e. The van der Waals surface area contributed by atoms with Gasteiger partial charge in [-0.2, -0.15) is 13.2 Å². The normalized spacial score (nSPS) is 10.9. The molecule has 0 heterocycles. The fourth-order valence-corrected chi connectivity index (χ4v) is 2.01. The average molecular weight is 355 g/mol. The van der Waals surface area contributed by atoms with Gasteiger partial charge in [0.2, 0.25) is 0 Å². The molecule has 0 aromatic heterocycles. The summed E-state index contributed by atoms with van der Waals surface area (Å²) < 4.78 is 43.7. The van der Waals surface area contributed by atoms with Crippen LogP contribution in [0.3, 0.4) is 0 Å². The number of rotatable bonds is 4. The first-order chi connectivity index (χ1) is 11.7. The summed E-state index contributed by atoms with van der Waals surface area (Å²) in [6.45, 7) is 0. The number of anilines is 2. The molecule has 2 amide bonds. The smallest absolute Gasteiger partial charge is 0.418 e. The van der Waals surface area contributed by atoms with Crippen LogP contribution in [0.1, 0.15) is 5.56 Å². The van der Waals surface area contributed by atoms with Crippen LogP contribution in [-0.2, 0) is 6.18 Å². The van der Waals surface area contributed by atoms with Crippen molar-refractivity contribution in [2.75, 3.05) is 17.7 Å². The number of methoxy groups -OCH3 is 1. The Labute approximate surface area is 139 Å². The van der Waals surface area contributed by atoms with E-state index in [-0.39, 0.29) is 17.1 Å². The molecule has 0 unspecified atom stereocenters. The van der Waals surface area contributed by atoms with Crippen LogP contribution < -0.4 is 15.4 Å². The number of nitrogens with zero attached hydrogens (tertiary/aromatic N) is 1. The Morgan fingerprint density at radius 2 is 1.76 bits per heavy atom. The van der Waals surface area contributed by atoms with Crippen LogP contribution in [0.15, 0.2) is 42.5 Å². The summed E-state index contributed by atoms with van der Waals surface area (Å²) in [4.78, 5) is 22.0. The van der Waals surface area contributed by atoms with Crippen LogP contribution in [0.4, 0.5) is 35.0 Å². The SMILES string of the molecule is COc1cc([N+](=O)[O-])ccc1NC(=O)Nc1ccccc1C(F)(F)F. The van der Waals surface area contributed by atoms with E-state index >= 15 is 0 Å². The summed E-state index contributed by atoms with van der Waals surface area (Å²) in [7, 11) is 1.24. The number of halogens is 3. The van der Waals surface area contributed by atoms with Crippen molar-refractivity contribution in [1.29, 1.82) is 0 Å². The van der Waals surface area contributed by atoms with Gasteiger partial charge in [0, 0.05) is 6.07 Å². The van der Waals surface area contributed by atoms with Crippen LogP contribution in [0.5, 0.6) is 5.75 Å². The molecule has 0 aliphatic rings. The van der Waals surface area contributed by atoms with Gasteiger partial charge >= 0.3 is 12.2 Å². The van der Waals surface area contributed by atoms with Crippen molar-refractivity contribution in [3.8, 4) is 5.75 Å². The summed E-state index contributed by atoms with van der Waals surface area (Å²) in [5.41, 5.74) is -1.62. The molecule has 0 saturated carbocycles. The maximum Gasteiger partial charge on any atom is 0.418 e. The zero-order chi connectivity index (χ0) is 18.6. The topological polar surface area (TPSA) is 93.5 Å². The highest BCUT2D eigenvalue weighted by atomic mass is 19.4. The van der Waals surface area contributed by atoms with Gasteiger partial charge in [-0.15, -0.1) is 0 Å². The number of para-hydroxylation sites is 1. The molecule has 2 aromatic rings. The number of hydrogen-bond acceptors (Lipinski definition) is 4. The van der Waals surface area contributed by atoms with E-state index in [1.54, 1.807) is 0 Å². The Hall–Kier alpha value is -3.30. The minimum atomic E-state index is -4.63. The number of hydrogen-bond donors (Lipinski definition) is 2. The van der Waals surface area contributed by atoms with Gasteiger partial charge in [-0.05, 0) is 18.2 Å². The van der Waals surface area contributed by atoms with E-state index < -0.39 is 28.4 Å². The van der Waals surface area contributed by atoms with Crippen LogP contribution in [0.25, 0.3) is 0 Å². The zero-order valence-electron chi connectivity index (χ0n) is 12.8. The van der Waals surface area contributed by atoms with Crippen molar-refractivity contribution in [2.24, 2.45) is 0 Å². The maximum atomic E-state index is 12.9. The Morgan fingerprint density at radius 3 is 2.36 bits per heavy atom. The van der Waals surface area contributed by atoms with E-state index in [4.69, 9.17) is 4.74 Å². The molecule has 7 nitrogen and oxygen atoms in total. The first-order valence-electron chi connectivity index (χ1n) is 6.79. The summed E-state index contributed by atoms with van der Waals surface area (Å²) in [5, 5.41) is 15.1. The number of amides is 2. The number of urea groups is 1. The zero-order valence-corrected chi connectivity index (χ0v) is 12.8. The molecule has 0 atom stereocenters. The molecule has 2 N–H and O–H groups in total. The molecule has 2 aromatic carbocycles. The Balaban J connectivity index is 2.20. The highest BCUT2D eigenvalue weighted by molar-refractivity contribution is 6.01. The lowest BCUT2D eigenvalue weighted by Gasteiger charge is -2.15. The lowest BCUT2D eigenvalue weighted by molar-refractivity contribution is -0.384. The molecule has 0 fully saturated rings. The van der Waals surface area contributed by atoms with Gasteiger partial charge in [-0.25, -0.2) is 4.79 Å². The second-order valence-electron chi connectivity index (χ2n) is 4.76. The number of ether oxygens (including phenoxy) is 1. The van der Waals surface area contributed by atoms with Gasteiger partial charge in [-0.3, -0.25) is 10.1 Å². The predicted molar refractivity (Wildman–Crippen MR) is 83.7 cm³/mol. The van der Waals surface area contributed by atoms with Gasteiger partial charge in [-0.1, -0.05) is 12.1 Å². The summed E-state index contributed by atoms with van der Waals surface area (Å²) in [6.07, 6.45) is -4.63. The first-order valence-corrected chi connectivity index (χ1v) is 6.79. The number of carbonyl (C=O) groups excluding carboxylic acids is 1. The molecular weight excluding hydrogens is 343 g/mol. The van der Waals surface area contributed by atoms with Crippen molar-refractivity contribution in [3.05, 3.63) is 58.1 Å². The van der Waals surface area contributed by atoms with Crippen LogP contribution in [0, 0.1) is 10.1 Å². The average Bonchev–Trinajstić information content (AvgIpc) is 2.54. The lowest BCUT2D eigenvalue weighted by Crippen LogP contribution is -2.22. The van der Waals surface area contributed by atoms with Crippen molar-refractivity contribution >= 4 is 23.1 Å². The molecule has 25 heavy (non-hydrogen) atoms. The van der Waals surface area contributed by atoms with E-state index in [0.717, 1.165) is 24.3 Å². The second kappa shape index (κ2) is 7.07. The minimum absolute atomic E-state index is 0.00606. The summed E-state index contributed by atoms with van der Waals surface area (Å²) >= 11 is 0. The summed E-state index contributed by atoms with van der Waals surface area (Å²) in [6, 6.07) is 6.96. The van der Waals surface area contributed by atoms with Gasteiger partial charge < -0.3 is 15.4 Å². The maximum absolute atomic E-state index is 12.9. The molecule has 2 rings (SSSR count). The van der Waals surface area contributed by atoms with Crippen molar-refractivity contribution in [3.63, 3.8) is 0 Å². The number of carbonyl (C=O) groups is 1. The van der Waals surface area contributed by atoms with E-state index in [1.807, 2.05) is 0 Å². The van der Waals surface area contributed by atoms with Crippen LogP contribution >= 0.6 is 0 Å². The molecule has 0 spiro atoms. The molecule has 0 bridgehead atoms. The predicted octanol–water partition coefficient (Wildman–Crippen LogP) is 4.27. The van der Waals surface area contributed by atoms with Crippen LogP contribution in [-0.4, -0.2) is 18.1 Å².